The molecule has 2 aromatic heterocycles. The van der Waals surface area contributed by atoms with Crippen molar-refractivity contribution in [1.82, 2.24) is 10.3 Å². The van der Waals surface area contributed by atoms with Crippen molar-refractivity contribution >= 4 is 27.3 Å². The van der Waals surface area contributed by atoms with Gasteiger partial charge in [-0.3, -0.25) is 4.98 Å². The summed E-state index contributed by atoms with van der Waals surface area (Å²) < 4.78 is 1.19. The van der Waals surface area contributed by atoms with Crippen molar-refractivity contribution < 1.29 is 0 Å². The highest BCUT2D eigenvalue weighted by molar-refractivity contribution is 9.11. The molecular formula is C14H17BrN2S. The average molecular weight is 325 g/mol. The van der Waals surface area contributed by atoms with E-state index in [4.69, 9.17) is 0 Å². The van der Waals surface area contributed by atoms with Crippen molar-refractivity contribution in [3.8, 4) is 0 Å². The molecule has 96 valence electrons. The summed E-state index contributed by atoms with van der Waals surface area (Å²) in [6.07, 6.45) is 5.90. The molecular weight excluding hydrogens is 308 g/mol. The first-order valence-corrected chi connectivity index (χ1v) is 7.83. The molecule has 0 bridgehead atoms. The zero-order chi connectivity index (χ0) is 12.8. The number of aromatic nitrogens is 1. The van der Waals surface area contributed by atoms with Crippen LogP contribution in [0.2, 0.25) is 0 Å². The minimum atomic E-state index is 0.372. The molecule has 0 saturated heterocycles. The van der Waals surface area contributed by atoms with E-state index < -0.39 is 0 Å². The maximum atomic E-state index is 4.18. The summed E-state index contributed by atoms with van der Waals surface area (Å²) in [5, 5.41) is 5.82. The van der Waals surface area contributed by atoms with E-state index in [2.05, 4.69) is 50.7 Å². The summed E-state index contributed by atoms with van der Waals surface area (Å²) in [5.41, 5.74) is 2.62. The van der Waals surface area contributed by atoms with E-state index in [9.17, 15) is 0 Å². The van der Waals surface area contributed by atoms with Crippen LogP contribution in [-0.2, 0) is 6.42 Å². The molecule has 4 heteroatoms. The predicted molar refractivity (Wildman–Crippen MR) is 81.0 cm³/mol. The molecule has 0 fully saturated rings. The molecule has 0 aliphatic heterocycles. The van der Waals surface area contributed by atoms with Gasteiger partial charge < -0.3 is 5.32 Å². The Morgan fingerprint density at radius 2 is 2.39 bits per heavy atom. The SMILES string of the molecule is CCCNC(Cc1cccnc1)c1csc(Br)c1. The fourth-order valence-corrected chi connectivity index (χ4v) is 3.12. The van der Waals surface area contributed by atoms with Gasteiger partial charge >= 0.3 is 0 Å². The Bertz CT molecular complexity index is 470. The maximum absolute atomic E-state index is 4.18. The van der Waals surface area contributed by atoms with Gasteiger partial charge in [-0.15, -0.1) is 11.3 Å². The van der Waals surface area contributed by atoms with Crippen molar-refractivity contribution in [2.45, 2.75) is 25.8 Å². The topological polar surface area (TPSA) is 24.9 Å². The van der Waals surface area contributed by atoms with Gasteiger partial charge in [0.1, 0.15) is 0 Å². The third-order valence-corrected chi connectivity index (χ3v) is 4.32. The standard InChI is InChI=1S/C14H17BrN2S/c1-2-5-17-13(12-8-14(15)18-10-12)7-11-4-3-6-16-9-11/h3-4,6,8-10,13,17H,2,5,7H2,1H3. The Labute approximate surface area is 121 Å². The van der Waals surface area contributed by atoms with Crippen LogP contribution in [0.4, 0.5) is 0 Å². The number of hydrogen-bond acceptors (Lipinski definition) is 3. The van der Waals surface area contributed by atoms with Crippen LogP contribution in [0.5, 0.6) is 0 Å². The number of rotatable bonds is 6. The van der Waals surface area contributed by atoms with Gasteiger partial charge in [0.15, 0.2) is 0 Å². The number of pyridine rings is 1. The molecule has 2 heterocycles. The Morgan fingerprint density at radius 3 is 3.00 bits per heavy atom. The Balaban J connectivity index is 2.10. The summed E-state index contributed by atoms with van der Waals surface area (Å²) in [5.74, 6) is 0. The molecule has 0 amide bonds. The van der Waals surface area contributed by atoms with E-state index in [1.54, 1.807) is 11.3 Å². The Morgan fingerprint density at radius 1 is 1.50 bits per heavy atom. The normalized spacial score (nSPS) is 12.6. The zero-order valence-electron chi connectivity index (χ0n) is 10.4. The molecule has 2 rings (SSSR count). The third kappa shape index (κ3) is 3.90. The molecule has 0 aliphatic rings. The molecule has 2 nitrogen and oxygen atoms in total. The summed E-state index contributed by atoms with van der Waals surface area (Å²) >= 11 is 5.27. The third-order valence-electron chi connectivity index (χ3n) is 2.79. The molecule has 0 aromatic carbocycles. The van der Waals surface area contributed by atoms with Gasteiger partial charge in [-0.1, -0.05) is 13.0 Å². The number of nitrogens with zero attached hydrogens (tertiary/aromatic N) is 1. The van der Waals surface area contributed by atoms with Crippen LogP contribution in [0, 0.1) is 0 Å². The maximum Gasteiger partial charge on any atom is 0.0701 e. The summed E-state index contributed by atoms with van der Waals surface area (Å²) in [7, 11) is 0. The molecule has 0 spiro atoms. The van der Waals surface area contributed by atoms with Gasteiger partial charge in [-0.25, -0.2) is 0 Å². The lowest BCUT2D eigenvalue weighted by Crippen LogP contribution is -2.23. The molecule has 2 aromatic rings. The molecule has 1 atom stereocenters. The van der Waals surface area contributed by atoms with Gasteiger partial charge in [-0.05, 0) is 64.0 Å². The summed E-state index contributed by atoms with van der Waals surface area (Å²) in [4.78, 5) is 4.18. The van der Waals surface area contributed by atoms with Gasteiger partial charge in [0.2, 0.25) is 0 Å². The number of hydrogen-bond donors (Lipinski definition) is 1. The lowest BCUT2D eigenvalue weighted by Gasteiger charge is -2.17. The quantitative estimate of drug-likeness (QED) is 0.861. The van der Waals surface area contributed by atoms with Crippen LogP contribution < -0.4 is 5.32 Å². The largest absolute Gasteiger partial charge is 0.310 e. The minimum absolute atomic E-state index is 0.372. The van der Waals surface area contributed by atoms with Crippen LogP contribution in [0.3, 0.4) is 0 Å². The van der Waals surface area contributed by atoms with Crippen molar-refractivity contribution in [1.29, 1.82) is 0 Å². The second kappa shape index (κ2) is 7.02. The second-order valence-corrected chi connectivity index (χ2v) is 6.55. The van der Waals surface area contributed by atoms with E-state index in [-0.39, 0.29) is 0 Å². The highest BCUT2D eigenvalue weighted by Crippen LogP contribution is 2.27. The lowest BCUT2D eigenvalue weighted by atomic mass is 10.0. The van der Waals surface area contributed by atoms with Crippen LogP contribution in [-0.4, -0.2) is 11.5 Å². The molecule has 18 heavy (non-hydrogen) atoms. The van der Waals surface area contributed by atoms with Crippen LogP contribution in [0.15, 0.2) is 39.8 Å². The number of halogens is 1. The van der Waals surface area contributed by atoms with Crippen molar-refractivity contribution in [2.75, 3.05) is 6.54 Å². The highest BCUT2D eigenvalue weighted by Gasteiger charge is 2.13. The number of nitrogens with one attached hydrogen (secondary N) is 1. The van der Waals surface area contributed by atoms with E-state index in [1.165, 1.54) is 14.9 Å². The second-order valence-electron chi connectivity index (χ2n) is 4.26. The first kappa shape index (κ1) is 13.7. The fraction of sp³-hybridized carbons (Fsp3) is 0.357. The molecule has 1 N–H and O–H groups in total. The first-order valence-electron chi connectivity index (χ1n) is 6.16. The average Bonchev–Trinajstić information content (AvgIpc) is 2.82. The van der Waals surface area contributed by atoms with E-state index in [1.807, 2.05) is 18.5 Å². The van der Waals surface area contributed by atoms with Crippen molar-refractivity contribution in [2.24, 2.45) is 0 Å². The molecule has 0 radical (unpaired) electrons. The zero-order valence-corrected chi connectivity index (χ0v) is 12.8. The number of thiophene rings is 1. The minimum Gasteiger partial charge on any atom is -0.310 e. The van der Waals surface area contributed by atoms with E-state index >= 15 is 0 Å². The van der Waals surface area contributed by atoms with Crippen LogP contribution in [0.1, 0.15) is 30.5 Å². The van der Waals surface area contributed by atoms with E-state index in [0.717, 1.165) is 19.4 Å². The van der Waals surface area contributed by atoms with E-state index in [0.29, 0.717) is 6.04 Å². The molecule has 0 aliphatic carbocycles. The van der Waals surface area contributed by atoms with Gasteiger partial charge in [0, 0.05) is 18.4 Å². The van der Waals surface area contributed by atoms with Crippen molar-refractivity contribution in [3.05, 3.63) is 50.9 Å². The fourth-order valence-electron chi connectivity index (χ4n) is 1.89. The monoisotopic (exact) mass is 324 g/mol. The lowest BCUT2D eigenvalue weighted by molar-refractivity contribution is 0.530. The van der Waals surface area contributed by atoms with Gasteiger partial charge in [0.05, 0.1) is 3.79 Å². The van der Waals surface area contributed by atoms with Crippen molar-refractivity contribution in [3.63, 3.8) is 0 Å². The van der Waals surface area contributed by atoms with Crippen LogP contribution >= 0.6 is 27.3 Å². The molecule has 0 saturated carbocycles. The smallest absolute Gasteiger partial charge is 0.0701 e. The van der Waals surface area contributed by atoms with Crippen LogP contribution in [0.25, 0.3) is 0 Å². The Kier molecular flexibility index (Phi) is 5.35. The summed E-state index contributed by atoms with van der Waals surface area (Å²) in [6, 6.07) is 6.70. The summed E-state index contributed by atoms with van der Waals surface area (Å²) in [6.45, 7) is 3.23. The Hall–Kier alpha value is -0.710. The predicted octanol–water partition coefficient (Wildman–Crippen LogP) is 4.19. The first-order chi connectivity index (χ1) is 8.79. The highest BCUT2D eigenvalue weighted by atomic mass is 79.9. The molecule has 1 unspecified atom stereocenters. The van der Waals surface area contributed by atoms with Gasteiger partial charge in [0.25, 0.3) is 0 Å². The van der Waals surface area contributed by atoms with Gasteiger partial charge in [-0.2, -0.15) is 0 Å².